The molecule has 2 N–H and O–H groups in total. The van der Waals surface area contributed by atoms with Gasteiger partial charge in [-0.1, -0.05) is 29.8 Å². The molecule has 3 rings (SSSR count). The second-order valence-corrected chi connectivity index (χ2v) is 7.32. The molecule has 0 radical (unpaired) electrons. The van der Waals surface area contributed by atoms with Crippen molar-refractivity contribution in [1.82, 2.24) is 9.03 Å². The summed E-state index contributed by atoms with van der Waals surface area (Å²) in [4.78, 5) is 9.92. The van der Waals surface area contributed by atoms with Gasteiger partial charge < -0.3 is 10.1 Å². The summed E-state index contributed by atoms with van der Waals surface area (Å²) in [5.74, 6) is -0.675. The highest BCUT2D eigenvalue weighted by Crippen LogP contribution is 2.18. The van der Waals surface area contributed by atoms with Crippen molar-refractivity contribution in [3.63, 3.8) is 0 Å². The van der Waals surface area contributed by atoms with E-state index >= 15 is 0 Å². The van der Waals surface area contributed by atoms with Crippen LogP contribution in [0.15, 0.2) is 48.5 Å². The number of carbonyl (C=O) groups is 1. The van der Waals surface area contributed by atoms with Crippen LogP contribution < -0.4 is 10.0 Å². The summed E-state index contributed by atoms with van der Waals surface area (Å²) < 4.78 is 45.2. The van der Waals surface area contributed by atoms with E-state index in [1.165, 1.54) is 30.3 Å². The third-order valence-electron chi connectivity index (χ3n) is 3.47. The molecule has 0 saturated carbocycles. The average Bonchev–Trinajstić information content (AvgIpc) is 2.72. The van der Waals surface area contributed by atoms with Gasteiger partial charge in [-0.3, -0.25) is 4.79 Å². The lowest BCUT2D eigenvalue weighted by atomic mass is 10.3. The molecule has 1 fully saturated rings. The maximum atomic E-state index is 12.5. The lowest BCUT2D eigenvalue weighted by Gasteiger charge is -2.24. The number of hydrogen-bond acceptors (Lipinski definition) is 3. The molecule has 1 aliphatic rings. The number of methoxy groups -OCH3 is 1. The van der Waals surface area contributed by atoms with Crippen LogP contribution in [0.1, 0.15) is 6.42 Å². The minimum Gasteiger partial charge on any atom is -0.383 e. The Morgan fingerprint density at radius 2 is 2.00 bits per heavy atom. The molecular weight excluding hydrogens is 424 g/mol. The molecule has 0 aromatic heterocycles. The monoisotopic (exact) mass is 447 g/mol. The molecule has 1 atom stereocenters. The van der Waals surface area contributed by atoms with Crippen molar-refractivity contribution in [2.24, 2.45) is 0 Å². The summed E-state index contributed by atoms with van der Waals surface area (Å²) in [5, 5.41) is 2.34. The zero-order chi connectivity index (χ0) is 21.5. The summed E-state index contributed by atoms with van der Waals surface area (Å²) in [5.41, 5.74) is 0.478. The highest BCUT2D eigenvalue weighted by molar-refractivity contribution is 7.80. The number of ether oxygens (including phenoxy) is 1. The number of amides is 1. The van der Waals surface area contributed by atoms with E-state index in [9.17, 15) is 17.8 Å². The van der Waals surface area contributed by atoms with E-state index in [0.29, 0.717) is 18.7 Å². The van der Waals surface area contributed by atoms with Gasteiger partial charge in [0.1, 0.15) is 11.6 Å². The average molecular weight is 448 g/mol. The van der Waals surface area contributed by atoms with Gasteiger partial charge in [-0.25, -0.2) is 22.0 Å². The van der Waals surface area contributed by atoms with Crippen LogP contribution in [0.25, 0.3) is 0 Å². The van der Waals surface area contributed by atoms with Crippen LogP contribution in [0.2, 0.25) is 5.02 Å². The molecule has 10 heteroatoms. The zero-order valence-electron chi connectivity index (χ0n) is 15.9. The Bertz CT molecular complexity index is 757. The first kappa shape index (κ1) is 25.1. The highest BCUT2D eigenvalue weighted by atomic mass is 35.5. The predicted molar refractivity (Wildman–Crippen MR) is 112 cm³/mol. The van der Waals surface area contributed by atoms with Gasteiger partial charge in [-0.15, -0.1) is 0 Å². The Morgan fingerprint density at radius 1 is 1.28 bits per heavy atom. The second kappa shape index (κ2) is 15.0. The first-order valence-corrected chi connectivity index (χ1v) is 10.2. The number of benzene rings is 2. The fraction of sp³-hybridized carbons (Fsp3) is 0.316. The van der Waals surface area contributed by atoms with Crippen LogP contribution in [-0.4, -0.2) is 48.3 Å². The van der Waals surface area contributed by atoms with Crippen molar-refractivity contribution in [3.8, 4) is 0 Å². The van der Waals surface area contributed by atoms with Crippen LogP contribution in [-0.2, 0) is 20.7 Å². The van der Waals surface area contributed by atoms with E-state index in [1.54, 1.807) is 25.3 Å². The lowest BCUT2D eigenvalue weighted by molar-refractivity contribution is -0.105. The number of anilines is 1. The summed E-state index contributed by atoms with van der Waals surface area (Å²) >= 11 is 4.44. The van der Waals surface area contributed by atoms with Crippen molar-refractivity contribution < 1.29 is 22.5 Å². The molecule has 6 nitrogen and oxygen atoms in total. The summed E-state index contributed by atoms with van der Waals surface area (Å²) in [7, 11) is 1.65. The van der Waals surface area contributed by atoms with Gasteiger partial charge in [0.15, 0.2) is 11.2 Å². The van der Waals surface area contributed by atoms with Crippen LogP contribution in [0.3, 0.4) is 0 Å². The van der Waals surface area contributed by atoms with Gasteiger partial charge >= 0.3 is 0 Å². The topological polar surface area (TPSA) is 70.7 Å². The standard InChI is InChI=1S/C7H5ClFNO.C6H5F.C6H14N2O2S/c8-6-3-5(10-4-11)1-2-7(6)9;7-6-4-2-1-3-5-6;1-10-6-5-8-4-2-3-7-11(8)9/h1-4H,(H,10,11);1-5H;7H,2-6H2,1H3. The van der Waals surface area contributed by atoms with Crippen LogP contribution in [0.5, 0.6) is 0 Å². The molecule has 0 aliphatic carbocycles. The predicted octanol–water partition coefficient (Wildman–Crippen LogP) is 3.38. The number of nitrogens with zero attached hydrogens (tertiary/aromatic N) is 1. The minimum atomic E-state index is -0.976. The van der Waals surface area contributed by atoms with Crippen molar-refractivity contribution in [2.75, 3.05) is 38.7 Å². The highest BCUT2D eigenvalue weighted by Gasteiger charge is 2.15. The Hall–Kier alpha value is -1.91. The first-order valence-electron chi connectivity index (χ1n) is 8.73. The van der Waals surface area contributed by atoms with Crippen LogP contribution in [0.4, 0.5) is 14.5 Å². The molecule has 1 saturated heterocycles. The van der Waals surface area contributed by atoms with Gasteiger partial charge in [-0.2, -0.15) is 0 Å². The van der Waals surface area contributed by atoms with E-state index in [4.69, 9.17) is 16.3 Å². The van der Waals surface area contributed by atoms with Gasteiger partial charge in [-0.05, 0) is 36.8 Å². The quantitative estimate of drug-likeness (QED) is 0.690. The van der Waals surface area contributed by atoms with Gasteiger partial charge in [0.25, 0.3) is 0 Å². The number of nitrogens with one attached hydrogen (secondary N) is 2. The van der Waals surface area contributed by atoms with E-state index in [2.05, 4.69) is 10.0 Å². The lowest BCUT2D eigenvalue weighted by Crippen LogP contribution is -2.43. The number of rotatable bonds is 5. The largest absolute Gasteiger partial charge is 0.383 e. The van der Waals surface area contributed by atoms with Crippen molar-refractivity contribution >= 4 is 34.9 Å². The number of carbonyl (C=O) groups excluding carboxylic acids is 1. The maximum Gasteiger partial charge on any atom is 0.211 e. The summed E-state index contributed by atoms with van der Waals surface area (Å²) in [6.45, 7) is 3.16. The van der Waals surface area contributed by atoms with E-state index in [-0.39, 0.29) is 10.8 Å². The molecular formula is C19H24ClF2N3O3S. The SMILES string of the molecule is COCCN1CCCNS1=O.Fc1ccccc1.O=CNc1ccc(F)c(Cl)c1. The molecule has 1 aliphatic heterocycles. The smallest absolute Gasteiger partial charge is 0.211 e. The summed E-state index contributed by atoms with van der Waals surface area (Å²) in [6.07, 6.45) is 1.57. The van der Waals surface area contributed by atoms with Gasteiger partial charge in [0, 0.05) is 32.4 Å². The Balaban J connectivity index is 0.000000223. The molecule has 1 unspecified atom stereocenters. The fourth-order valence-electron chi connectivity index (χ4n) is 2.05. The van der Waals surface area contributed by atoms with Crippen LogP contribution in [0, 0.1) is 11.6 Å². The minimum absolute atomic E-state index is 0.00292. The second-order valence-electron chi connectivity index (χ2n) is 5.61. The van der Waals surface area contributed by atoms with Crippen molar-refractivity contribution in [2.45, 2.75) is 6.42 Å². The third-order valence-corrected chi connectivity index (χ3v) is 5.04. The molecule has 2 aromatic rings. The fourth-order valence-corrected chi connectivity index (χ4v) is 3.26. The molecule has 1 heterocycles. The normalized spacial score (nSPS) is 15.9. The van der Waals surface area contributed by atoms with Gasteiger partial charge in [0.05, 0.1) is 11.6 Å². The molecule has 160 valence electrons. The molecule has 29 heavy (non-hydrogen) atoms. The summed E-state index contributed by atoms with van der Waals surface area (Å²) in [6, 6.07) is 11.9. The van der Waals surface area contributed by atoms with E-state index < -0.39 is 17.0 Å². The molecule has 1 amide bonds. The van der Waals surface area contributed by atoms with E-state index in [1.807, 2.05) is 4.31 Å². The number of hydrogen-bond donors (Lipinski definition) is 2. The van der Waals surface area contributed by atoms with E-state index in [0.717, 1.165) is 26.1 Å². The molecule has 0 spiro atoms. The van der Waals surface area contributed by atoms with Crippen molar-refractivity contribution in [1.29, 1.82) is 0 Å². The number of halogens is 3. The Morgan fingerprint density at radius 3 is 2.52 bits per heavy atom. The zero-order valence-corrected chi connectivity index (χ0v) is 17.5. The van der Waals surface area contributed by atoms with Crippen LogP contribution >= 0.6 is 11.6 Å². The first-order chi connectivity index (χ1) is 14.0. The molecule has 2 aromatic carbocycles. The maximum absolute atomic E-state index is 12.5. The Kier molecular flexibility index (Phi) is 13.0. The molecule has 0 bridgehead atoms. The van der Waals surface area contributed by atoms with Gasteiger partial charge in [0.2, 0.25) is 6.41 Å². The third kappa shape index (κ3) is 11.0. The Labute approximate surface area is 176 Å². The van der Waals surface area contributed by atoms with Crippen molar-refractivity contribution in [3.05, 3.63) is 65.2 Å².